The monoisotopic (exact) mass is 451 g/mol. The third-order valence-electron chi connectivity index (χ3n) is 6.26. The number of esters is 1. The molecule has 2 amide bonds. The van der Waals surface area contributed by atoms with E-state index < -0.39 is 30.1 Å². The highest BCUT2D eigenvalue weighted by molar-refractivity contribution is 6.03. The smallest absolute Gasteiger partial charge is 0.332 e. The summed E-state index contributed by atoms with van der Waals surface area (Å²) in [5, 5.41) is 8.67. The van der Waals surface area contributed by atoms with Gasteiger partial charge in [-0.25, -0.2) is 9.80 Å². The van der Waals surface area contributed by atoms with Gasteiger partial charge in [0.2, 0.25) is 5.91 Å². The number of carbonyl (C=O) groups excluding carboxylic acids is 3. The maximum atomic E-state index is 13.1. The topological polar surface area (TPSA) is 101 Å². The Morgan fingerprint density at radius 3 is 2.52 bits per heavy atom. The first-order chi connectivity index (χ1) is 15.9. The van der Waals surface area contributed by atoms with E-state index in [2.05, 4.69) is 10.4 Å². The lowest BCUT2D eigenvalue weighted by molar-refractivity contribution is -0.161. The molecule has 0 bridgehead atoms. The van der Waals surface area contributed by atoms with E-state index in [0.29, 0.717) is 25.0 Å². The summed E-state index contributed by atoms with van der Waals surface area (Å²) in [5.41, 5.74) is 1.76. The Kier molecular flexibility index (Phi) is 6.62. The van der Waals surface area contributed by atoms with E-state index in [9.17, 15) is 14.4 Å². The molecule has 2 aliphatic rings. The Morgan fingerprint density at radius 1 is 1.15 bits per heavy atom. The summed E-state index contributed by atoms with van der Waals surface area (Å²) in [6.45, 7) is 2.94. The Hall–Kier alpha value is -3.42. The maximum absolute atomic E-state index is 13.1. The Balaban J connectivity index is 1.50. The van der Waals surface area contributed by atoms with Gasteiger partial charge < -0.3 is 14.5 Å². The molecule has 174 valence electrons. The van der Waals surface area contributed by atoms with Crippen molar-refractivity contribution in [2.75, 3.05) is 6.61 Å². The number of ether oxygens (including phenoxy) is 1. The van der Waals surface area contributed by atoms with Crippen molar-refractivity contribution >= 4 is 23.5 Å². The van der Waals surface area contributed by atoms with Crippen molar-refractivity contribution in [1.29, 1.82) is 0 Å². The van der Waals surface area contributed by atoms with Gasteiger partial charge in [0.25, 0.3) is 5.91 Å². The molecule has 33 heavy (non-hydrogen) atoms. The van der Waals surface area contributed by atoms with Crippen molar-refractivity contribution < 1.29 is 23.5 Å². The largest absolute Gasteiger partial charge is 0.467 e. The van der Waals surface area contributed by atoms with E-state index in [1.807, 2.05) is 31.2 Å². The fourth-order valence-corrected chi connectivity index (χ4v) is 4.57. The van der Waals surface area contributed by atoms with Crippen LogP contribution >= 0.6 is 0 Å². The van der Waals surface area contributed by atoms with Gasteiger partial charge in [0, 0.05) is 13.3 Å². The van der Waals surface area contributed by atoms with Crippen LogP contribution in [0, 0.1) is 6.92 Å². The summed E-state index contributed by atoms with van der Waals surface area (Å²) >= 11 is 0. The Morgan fingerprint density at radius 2 is 1.88 bits per heavy atom. The zero-order valence-corrected chi connectivity index (χ0v) is 19.0. The molecule has 4 rings (SSSR count). The van der Waals surface area contributed by atoms with E-state index >= 15 is 0 Å². The highest BCUT2D eigenvalue weighted by atomic mass is 16.5. The molecule has 1 atom stereocenters. The SMILES string of the molecule is CC(=O)NC1(C(=O)OCC(=O)N2N=C(c3ccc(C)cc3)CC2c2ccco2)CCCCC1. The molecule has 8 heteroatoms. The van der Waals surface area contributed by atoms with Crippen molar-refractivity contribution in [2.24, 2.45) is 5.10 Å². The van der Waals surface area contributed by atoms with Crippen molar-refractivity contribution in [3.63, 3.8) is 0 Å². The number of nitrogens with zero attached hydrogens (tertiary/aromatic N) is 2. The molecule has 0 spiro atoms. The second-order valence-corrected chi connectivity index (χ2v) is 8.79. The highest BCUT2D eigenvalue weighted by Crippen LogP contribution is 2.34. The third kappa shape index (κ3) is 4.99. The van der Waals surface area contributed by atoms with Crippen LogP contribution in [0.3, 0.4) is 0 Å². The lowest BCUT2D eigenvalue weighted by Crippen LogP contribution is -2.56. The second kappa shape index (κ2) is 9.60. The molecule has 1 unspecified atom stereocenters. The molecule has 0 saturated heterocycles. The normalized spacial score (nSPS) is 19.6. The predicted octanol–water partition coefficient (Wildman–Crippen LogP) is 3.65. The average Bonchev–Trinajstić information content (AvgIpc) is 3.48. The quantitative estimate of drug-likeness (QED) is 0.676. The number of amides is 2. The molecule has 1 saturated carbocycles. The summed E-state index contributed by atoms with van der Waals surface area (Å²) < 4.78 is 11.0. The van der Waals surface area contributed by atoms with Gasteiger partial charge in [-0.15, -0.1) is 0 Å². The van der Waals surface area contributed by atoms with Crippen LogP contribution in [0.5, 0.6) is 0 Å². The Bertz CT molecular complexity index is 1040. The zero-order chi connectivity index (χ0) is 23.4. The van der Waals surface area contributed by atoms with Crippen LogP contribution in [0.4, 0.5) is 0 Å². The van der Waals surface area contributed by atoms with Crippen molar-refractivity contribution in [1.82, 2.24) is 10.3 Å². The van der Waals surface area contributed by atoms with Gasteiger partial charge >= 0.3 is 5.97 Å². The summed E-state index contributed by atoms with van der Waals surface area (Å²) in [7, 11) is 0. The van der Waals surface area contributed by atoms with E-state index in [1.165, 1.54) is 11.9 Å². The van der Waals surface area contributed by atoms with E-state index in [0.717, 1.165) is 36.1 Å². The van der Waals surface area contributed by atoms with Crippen LogP contribution in [0.25, 0.3) is 0 Å². The van der Waals surface area contributed by atoms with Crippen LogP contribution in [0.2, 0.25) is 0 Å². The van der Waals surface area contributed by atoms with Gasteiger partial charge in [0.1, 0.15) is 17.3 Å². The van der Waals surface area contributed by atoms with Gasteiger partial charge in [0.05, 0.1) is 12.0 Å². The second-order valence-electron chi connectivity index (χ2n) is 8.79. The number of rotatable bonds is 6. The summed E-state index contributed by atoms with van der Waals surface area (Å²) in [5.74, 6) is -0.685. The number of carbonyl (C=O) groups is 3. The number of aryl methyl sites for hydroxylation is 1. The van der Waals surface area contributed by atoms with Crippen LogP contribution in [-0.4, -0.2) is 40.7 Å². The molecule has 1 aromatic carbocycles. The number of hydrogen-bond acceptors (Lipinski definition) is 6. The maximum Gasteiger partial charge on any atom is 0.332 e. The van der Waals surface area contributed by atoms with E-state index in [-0.39, 0.29) is 5.91 Å². The molecule has 0 radical (unpaired) electrons. The van der Waals surface area contributed by atoms with Gasteiger partial charge in [-0.1, -0.05) is 49.1 Å². The van der Waals surface area contributed by atoms with Crippen LogP contribution < -0.4 is 5.32 Å². The first-order valence-electron chi connectivity index (χ1n) is 11.3. The number of furan rings is 1. The standard InChI is InChI=1S/C25H29N3O5/c1-17-8-10-19(11-9-17)20-15-21(22-7-6-14-32-22)28(27-20)23(30)16-33-24(31)25(26-18(2)29)12-4-3-5-13-25/h6-11,14,21H,3-5,12-13,15-16H2,1-2H3,(H,26,29). The van der Waals surface area contributed by atoms with Crippen molar-refractivity contribution in [3.8, 4) is 0 Å². The number of hydrazone groups is 1. The lowest BCUT2D eigenvalue weighted by Gasteiger charge is -2.35. The number of benzene rings is 1. The van der Waals surface area contributed by atoms with E-state index in [1.54, 1.807) is 18.4 Å². The number of nitrogens with one attached hydrogen (secondary N) is 1. The van der Waals surface area contributed by atoms with Crippen molar-refractivity contribution in [3.05, 3.63) is 59.5 Å². The Labute approximate surface area is 193 Å². The zero-order valence-electron chi connectivity index (χ0n) is 19.0. The average molecular weight is 452 g/mol. The minimum Gasteiger partial charge on any atom is -0.467 e. The molecule has 2 aromatic rings. The van der Waals surface area contributed by atoms with Gasteiger partial charge in [-0.2, -0.15) is 5.10 Å². The molecular weight excluding hydrogens is 422 g/mol. The first-order valence-corrected chi connectivity index (χ1v) is 11.3. The molecular formula is C25H29N3O5. The molecule has 1 N–H and O–H groups in total. The molecule has 1 aliphatic carbocycles. The van der Waals surface area contributed by atoms with Gasteiger partial charge in [-0.3, -0.25) is 9.59 Å². The van der Waals surface area contributed by atoms with Crippen LogP contribution in [-0.2, 0) is 19.1 Å². The molecule has 1 aromatic heterocycles. The lowest BCUT2D eigenvalue weighted by atomic mass is 9.81. The minimum absolute atomic E-state index is 0.287. The van der Waals surface area contributed by atoms with Crippen LogP contribution in [0.15, 0.2) is 52.2 Å². The molecule has 8 nitrogen and oxygen atoms in total. The van der Waals surface area contributed by atoms with Crippen molar-refractivity contribution in [2.45, 2.75) is 64.0 Å². The fraction of sp³-hybridized carbons (Fsp3) is 0.440. The molecule has 1 aliphatic heterocycles. The highest BCUT2D eigenvalue weighted by Gasteiger charge is 2.43. The summed E-state index contributed by atoms with van der Waals surface area (Å²) in [4.78, 5) is 37.8. The molecule has 1 fully saturated rings. The van der Waals surface area contributed by atoms with Crippen LogP contribution in [0.1, 0.15) is 68.4 Å². The van der Waals surface area contributed by atoms with E-state index in [4.69, 9.17) is 9.15 Å². The third-order valence-corrected chi connectivity index (χ3v) is 6.26. The minimum atomic E-state index is -1.06. The summed E-state index contributed by atoms with van der Waals surface area (Å²) in [6, 6.07) is 11.1. The first kappa shape index (κ1) is 22.8. The molecule has 2 heterocycles. The van der Waals surface area contributed by atoms with Gasteiger partial charge in [0.15, 0.2) is 6.61 Å². The van der Waals surface area contributed by atoms with Gasteiger partial charge in [-0.05, 0) is 37.5 Å². The predicted molar refractivity (Wildman–Crippen MR) is 121 cm³/mol. The summed E-state index contributed by atoms with van der Waals surface area (Å²) in [6.07, 6.45) is 5.71. The fourth-order valence-electron chi connectivity index (χ4n) is 4.57. The number of hydrogen-bond donors (Lipinski definition) is 1.